The summed E-state index contributed by atoms with van der Waals surface area (Å²) in [6.45, 7) is 2.99. The molecule has 2 aromatic heterocycles. The predicted molar refractivity (Wildman–Crippen MR) is 87.9 cm³/mol. The largest absolute Gasteiger partial charge is 0.472 e. The van der Waals surface area contributed by atoms with Crippen molar-refractivity contribution in [2.75, 3.05) is 13.1 Å². The van der Waals surface area contributed by atoms with Gasteiger partial charge in [-0.05, 0) is 19.1 Å². The standard InChI is InChI=1S/C18H17N3O3/c1-12-19-8-6-17(20-12)23-14-7-9-21(11-14)18(22)16-10-13-4-2-3-5-15(13)24-16/h2-6,8,10,14H,7,9,11H2,1H3/t14-/m1/s1. The molecular weight excluding hydrogens is 306 g/mol. The summed E-state index contributed by atoms with van der Waals surface area (Å²) in [4.78, 5) is 22.7. The van der Waals surface area contributed by atoms with Crippen LogP contribution >= 0.6 is 0 Å². The van der Waals surface area contributed by atoms with Crippen molar-refractivity contribution in [1.29, 1.82) is 0 Å². The van der Waals surface area contributed by atoms with Crippen LogP contribution in [-0.2, 0) is 0 Å². The topological polar surface area (TPSA) is 68.5 Å². The number of aryl methyl sites for hydroxylation is 1. The van der Waals surface area contributed by atoms with Crippen molar-refractivity contribution in [2.24, 2.45) is 0 Å². The van der Waals surface area contributed by atoms with Gasteiger partial charge in [0.15, 0.2) is 5.76 Å². The van der Waals surface area contributed by atoms with Crippen LogP contribution < -0.4 is 4.74 Å². The highest BCUT2D eigenvalue weighted by Crippen LogP contribution is 2.23. The lowest BCUT2D eigenvalue weighted by Gasteiger charge is -2.15. The smallest absolute Gasteiger partial charge is 0.289 e. The van der Waals surface area contributed by atoms with E-state index in [9.17, 15) is 4.79 Å². The molecule has 6 heteroatoms. The lowest BCUT2D eigenvalue weighted by atomic mass is 10.2. The molecule has 24 heavy (non-hydrogen) atoms. The fourth-order valence-corrected chi connectivity index (χ4v) is 2.92. The Morgan fingerprint density at radius 1 is 1.33 bits per heavy atom. The van der Waals surface area contributed by atoms with E-state index in [0.717, 1.165) is 17.4 Å². The van der Waals surface area contributed by atoms with Crippen LogP contribution in [0.2, 0.25) is 0 Å². The number of amides is 1. The number of carbonyl (C=O) groups is 1. The number of benzene rings is 1. The second-order valence-electron chi connectivity index (χ2n) is 5.87. The molecule has 3 aromatic rings. The van der Waals surface area contributed by atoms with Gasteiger partial charge >= 0.3 is 0 Å². The molecule has 6 nitrogen and oxygen atoms in total. The number of hydrogen-bond acceptors (Lipinski definition) is 5. The van der Waals surface area contributed by atoms with E-state index in [-0.39, 0.29) is 12.0 Å². The molecule has 122 valence electrons. The van der Waals surface area contributed by atoms with Gasteiger partial charge in [-0.3, -0.25) is 4.79 Å². The molecule has 0 aliphatic carbocycles. The summed E-state index contributed by atoms with van der Waals surface area (Å²) >= 11 is 0. The predicted octanol–water partition coefficient (Wildman–Crippen LogP) is 2.82. The third-order valence-electron chi connectivity index (χ3n) is 4.11. The Morgan fingerprint density at radius 2 is 2.21 bits per heavy atom. The van der Waals surface area contributed by atoms with Crippen molar-refractivity contribution in [3.8, 4) is 5.88 Å². The van der Waals surface area contributed by atoms with Gasteiger partial charge in [0.1, 0.15) is 17.5 Å². The lowest BCUT2D eigenvalue weighted by molar-refractivity contribution is 0.0742. The summed E-state index contributed by atoms with van der Waals surface area (Å²) in [7, 11) is 0. The molecule has 1 saturated heterocycles. The number of aromatic nitrogens is 2. The van der Waals surface area contributed by atoms with Crippen LogP contribution in [0.5, 0.6) is 5.88 Å². The lowest BCUT2D eigenvalue weighted by Crippen LogP contribution is -2.30. The van der Waals surface area contributed by atoms with E-state index in [1.807, 2.05) is 31.2 Å². The average Bonchev–Trinajstić information content (AvgIpc) is 3.20. The van der Waals surface area contributed by atoms with Gasteiger partial charge < -0.3 is 14.1 Å². The van der Waals surface area contributed by atoms with Crippen LogP contribution in [0.3, 0.4) is 0 Å². The molecule has 0 saturated carbocycles. The molecule has 0 spiro atoms. The summed E-state index contributed by atoms with van der Waals surface area (Å²) in [6, 6.07) is 11.1. The molecule has 1 amide bonds. The number of carbonyl (C=O) groups excluding carboxylic acids is 1. The van der Waals surface area contributed by atoms with Crippen molar-refractivity contribution in [3.63, 3.8) is 0 Å². The van der Waals surface area contributed by atoms with Crippen LogP contribution in [0.1, 0.15) is 22.8 Å². The zero-order valence-electron chi connectivity index (χ0n) is 13.3. The van der Waals surface area contributed by atoms with Gasteiger partial charge in [-0.25, -0.2) is 4.98 Å². The minimum Gasteiger partial charge on any atom is -0.472 e. The fourth-order valence-electron chi connectivity index (χ4n) is 2.92. The van der Waals surface area contributed by atoms with E-state index in [1.165, 1.54) is 0 Å². The minimum atomic E-state index is -0.101. The minimum absolute atomic E-state index is 0.0624. The van der Waals surface area contributed by atoms with Gasteiger partial charge in [-0.2, -0.15) is 4.98 Å². The summed E-state index contributed by atoms with van der Waals surface area (Å²) < 4.78 is 11.5. The van der Waals surface area contributed by atoms with Gasteiger partial charge in [0.25, 0.3) is 5.91 Å². The van der Waals surface area contributed by atoms with Gasteiger partial charge in [0.2, 0.25) is 5.88 Å². The second-order valence-corrected chi connectivity index (χ2v) is 5.87. The number of para-hydroxylation sites is 1. The van der Waals surface area contributed by atoms with Crippen molar-refractivity contribution in [2.45, 2.75) is 19.4 Å². The van der Waals surface area contributed by atoms with E-state index >= 15 is 0 Å². The van der Waals surface area contributed by atoms with E-state index in [1.54, 1.807) is 23.2 Å². The Balaban J connectivity index is 1.45. The first-order chi connectivity index (χ1) is 11.7. The number of likely N-dealkylation sites (tertiary alicyclic amines) is 1. The molecular formula is C18H17N3O3. The van der Waals surface area contributed by atoms with Crippen LogP contribution in [-0.4, -0.2) is 40.0 Å². The first-order valence-electron chi connectivity index (χ1n) is 7.93. The monoisotopic (exact) mass is 323 g/mol. The summed E-state index contributed by atoms with van der Waals surface area (Å²) in [5, 5.41) is 0.935. The molecule has 0 N–H and O–H groups in total. The molecule has 0 bridgehead atoms. The Kier molecular flexibility index (Phi) is 3.65. The summed E-state index contributed by atoms with van der Waals surface area (Å²) in [5.41, 5.74) is 0.726. The Labute approximate surface area is 139 Å². The van der Waals surface area contributed by atoms with Crippen molar-refractivity contribution < 1.29 is 13.9 Å². The molecule has 1 aliphatic heterocycles. The van der Waals surface area contributed by atoms with E-state index in [0.29, 0.717) is 30.6 Å². The maximum Gasteiger partial charge on any atom is 0.289 e. The van der Waals surface area contributed by atoms with Crippen molar-refractivity contribution in [3.05, 3.63) is 54.2 Å². The maximum atomic E-state index is 12.6. The van der Waals surface area contributed by atoms with E-state index in [2.05, 4.69) is 9.97 Å². The van der Waals surface area contributed by atoms with Crippen LogP contribution in [0.25, 0.3) is 11.0 Å². The van der Waals surface area contributed by atoms with Gasteiger partial charge in [-0.1, -0.05) is 18.2 Å². The van der Waals surface area contributed by atoms with E-state index < -0.39 is 0 Å². The third kappa shape index (κ3) is 2.82. The number of ether oxygens (including phenoxy) is 1. The fraction of sp³-hybridized carbons (Fsp3) is 0.278. The summed E-state index contributed by atoms with van der Waals surface area (Å²) in [5.74, 6) is 1.48. The number of hydrogen-bond donors (Lipinski definition) is 0. The van der Waals surface area contributed by atoms with Crippen molar-refractivity contribution in [1.82, 2.24) is 14.9 Å². The maximum absolute atomic E-state index is 12.6. The highest BCUT2D eigenvalue weighted by atomic mass is 16.5. The first kappa shape index (κ1) is 14.7. The SMILES string of the molecule is Cc1nccc(O[C@@H]2CCN(C(=O)c3cc4ccccc4o3)C2)n1. The third-order valence-corrected chi connectivity index (χ3v) is 4.11. The van der Waals surface area contributed by atoms with E-state index in [4.69, 9.17) is 9.15 Å². The van der Waals surface area contributed by atoms with Crippen LogP contribution in [0.4, 0.5) is 0 Å². The highest BCUT2D eigenvalue weighted by molar-refractivity contribution is 5.96. The van der Waals surface area contributed by atoms with Gasteiger partial charge in [0.05, 0.1) is 6.54 Å². The number of furan rings is 1. The Bertz CT molecular complexity index is 857. The molecule has 0 unspecified atom stereocenters. The summed E-state index contributed by atoms with van der Waals surface area (Å²) in [6.07, 6.45) is 2.38. The normalized spacial score (nSPS) is 17.4. The first-order valence-corrected chi connectivity index (χ1v) is 7.93. The molecule has 0 radical (unpaired) electrons. The van der Waals surface area contributed by atoms with Crippen LogP contribution in [0, 0.1) is 6.92 Å². The molecule has 1 aromatic carbocycles. The van der Waals surface area contributed by atoms with Crippen LogP contribution in [0.15, 0.2) is 47.0 Å². The zero-order valence-corrected chi connectivity index (χ0v) is 13.3. The quantitative estimate of drug-likeness (QED) is 0.741. The Hall–Kier alpha value is -2.89. The second kappa shape index (κ2) is 5.96. The van der Waals surface area contributed by atoms with Gasteiger partial charge in [0, 0.05) is 30.6 Å². The average molecular weight is 323 g/mol. The number of rotatable bonds is 3. The number of fused-ring (bicyclic) bond motifs is 1. The zero-order chi connectivity index (χ0) is 16.5. The molecule has 1 atom stereocenters. The Morgan fingerprint density at radius 3 is 3.04 bits per heavy atom. The molecule has 3 heterocycles. The highest BCUT2D eigenvalue weighted by Gasteiger charge is 2.30. The number of nitrogens with zero attached hydrogens (tertiary/aromatic N) is 3. The molecule has 1 aliphatic rings. The molecule has 1 fully saturated rings. The van der Waals surface area contributed by atoms with Gasteiger partial charge in [-0.15, -0.1) is 0 Å². The molecule has 4 rings (SSSR count). The van der Waals surface area contributed by atoms with Crippen molar-refractivity contribution >= 4 is 16.9 Å².